The van der Waals surface area contributed by atoms with E-state index >= 15 is 0 Å². The number of likely N-dealkylation sites (N-methyl/N-ethyl adjacent to an activating group) is 1. The van der Waals surface area contributed by atoms with E-state index in [1.807, 2.05) is 11.9 Å². The lowest BCUT2D eigenvalue weighted by Crippen LogP contribution is -2.47. The first-order valence-corrected chi connectivity index (χ1v) is 11.5. The van der Waals surface area contributed by atoms with Gasteiger partial charge in [-0.1, -0.05) is 23.2 Å². The number of carbonyl (C=O) groups excluding carboxylic acids is 1. The average molecular weight is 504 g/mol. The molecule has 3 heterocycles. The average Bonchev–Trinajstić information content (AvgIpc) is 2.83. The van der Waals surface area contributed by atoms with E-state index in [4.69, 9.17) is 33.7 Å². The fraction of sp³-hybridized carbons (Fsp3) is 0.292. The fourth-order valence-electron chi connectivity index (χ4n) is 3.77. The number of hydrogen-bond donors (Lipinski definition) is 1. The molecule has 10 heteroatoms. The highest BCUT2D eigenvalue weighted by molar-refractivity contribution is 6.36. The third-order valence-corrected chi connectivity index (χ3v) is 6.48. The minimum atomic E-state index is -0.701. The predicted molar refractivity (Wildman–Crippen MR) is 131 cm³/mol. The molecule has 1 unspecified atom stereocenters. The normalized spacial score (nSPS) is 15.3. The van der Waals surface area contributed by atoms with Gasteiger partial charge in [-0.15, -0.1) is 0 Å². The van der Waals surface area contributed by atoms with Crippen molar-refractivity contribution in [2.75, 3.05) is 39.0 Å². The number of pyridine rings is 2. The Balaban J connectivity index is 1.59. The Morgan fingerprint density at radius 2 is 1.88 bits per heavy atom. The van der Waals surface area contributed by atoms with Gasteiger partial charge in [0, 0.05) is 60.3 Å². The topological polar surface area (TPSA) is 84.6 Å². The Morgan fingerprint density at radius 3 is 2.62 bits per heavy atom. The van der Waals surface area contributed by atoms with Crippen LogP contribution in [0.3, 0.4) is 0 Å². The van der Waals surface area contributed by atoms with Gasteiger partial charge in [-0.2, -0.15) is 0 Å². The molecule has 7 nitrogen and oxygen atoms in total. The van der Waals surface area contributed by atoms with Crippen molar-refractivity contribution in [1.82, 2.24) is 19.8 Å². The number of aromatic nitrogens is 2. The molecule has 2 N–H and O–H groups in total. The van der Waals surface area contributed by atoms with Gasteiger partial charge in [0.1, 0.15) is 11.9 Å². The van der Waals surface area contributed by atoms with Crippen LogP contribution in [-0.4, -0.2) is 58.9 Å². The molecule has 3 aromatic rings. The summed E-state index contributed by atoms with van der Waals surface area (Å²) in [5, 5.41) is 0.165. The quantitative estimate of drug-likeness (QED) is 0.508. The van der Waals surface area contributed by atoms with Gasteiger partial charge in [-0.25, -0.2) is 9.37 Å². The summed E-state index contributed by atoms with van der Waals surface area (Å²) < 4.78 is 19.9. The third-order valence-electron chi connectivity index (χ3n) is 5.76. The number of benzene rings is 1. The van der Waals surface area contributed by atoms with Gasteiger partial charge in [-0.3, -0.25) is 9.78 Å². The molecule has 1 fully saturated rings. The second kappa shape index (κ2) is 10.1. The van der Waals surface area contributed by atoms with Gasteiger partial charge < -0.3 is 20.3 Å². The molecule has 1 aromatic carbocycles. The number of anilines is 1. The van der Waals surface area contributed by atoms with Crippen molar-refractivity contribution in [1.29, 1.82) is 0 Å². The highest BCUT2D eigenvalue weighted by Crippen LogP contribution is 2.36. The lowest BCUT2D eigenvalue weighted by Gasteiger charge is -2.32. The van der Waals surface area contributed by atoms with Crippen LogP contribution in [0.15, 0.2) is 42.7 Å². The molecule has 1 saturated heterocycles. The first-order chi connectivity index (χ1) is 16.2. The summed E-state index contributed by atoms with van der Waals surface area (Å²) in [4.78, 5) is 25.6. The van der Waals surface area contributed by atoms with Crippen molar-refractivity contribution in [2.45, 2.75) is 13.0 Å². The Kier molecular flexibility index (Phi) is 7.21. The number of nitrogens with two attached hydrogens (primary N) is 1. The Morgan fingerprint density at radius 1 is 1.15 bits per heavy atom. The van der Waals surface area contributed by atoms with Crippen LogP contribution in [0.25, 0.3) is 11.3 Å². The zero-order chi connectivity index (χ0) is 24.4. The molecule has 4 rings (SSSR count). The van der Waals surface area contributed by atoms with Crippen LogP contribution in [-0.2, 0) is 0 Å². The Hall–Kier alpha value is -2.94. The van der Waals surface area contributed by atoms with Crippen LogP contribution >= 0.6 is 23.2 Å². The van der Waals surface area contributed by atoms with E-state index in [1.54, 1.807) is 37.5 Å². The standard InChI is InChI=1S/C24H24Cl2FN5O2/c1-14(21-17(25)3-4-18(27)22(21)26)34-20-12-16(13-30-23(20)28)19-11-15(5-6-29-19)24(33)32-9-7-31(2)8-10-32/h3-6,11-14H,7-10H2,1-2H3,(H2,28,30). The molecule has 1 atom stereocenters. The second-order valence-electron chi connectivity index (χ2n) is 8.15. The summed E-state index contributed by atoms with van der Waals surface area (Å²) in [6, 6.07) is 7.71. The van der Waals surface area contributed by atoms with Crippen LogP contribution < -0.4 is 10.5 Å². The molecule has 0 saturated carbocycles. The van der Waals surface area contributed by atoms with Crippen molar-refractivity contribution in [3.63, 3.8) is 0 Å². The van der Waals surface area contributed by atoms with Crippen molar-refractivity contribution in [3.05, 3.63) is 69.7 Å². The second-order valence-corrected chi connectivity index (χ2v) is 8.93. The maximum atomic E-state index is 14.0. The summed E-state index contributed by atoms with van der Waals surface area (Å²) in [6.07, 6.45) is 2.44. The van der Waals surface area contributed by atoms with E-state index in [9.17, 15) is 9.18 Å². The van der Waals surface area contributed by atoms with E-state index < -0.39 is 11.9 Å². The summed E-state index contributed by atoms with van der Waals surface area (Å²) in [7, 11) is 2.04. The molecule has 0 aliphatic carbocycles. The van der Waals surface area contributed by atoms with E-state index in [2.05, 4.69) is 14.9 Å². The van der Waals surface area contributed by atoms with Crippen molar-refractivity contribution in [3.8, 4) is 17.0 Å². The van der Waals surface area contributed by atoms with Crippen LogP contribution in [0.5, 0.6) is 5.75 Å². The number of nitrogens with zero attached hydrogens (tertiary/aromatic N) is 4. The molecule has 1 aliphatic heterocycles. The Bertz CT molecular complexity index is 1220. The van der Waals surface area contributed by atoms with Crippen LogP contribution in [0.4, 0.5) is 10.2 Å². The minimum Gasteiger partial charge on any atom is -0.482 e. The molecule has 0 bridgehead atoms. The molecule has 1 amide bonds. The molecule has 0 radical (unpaired) electrons. The monoisotopic (exact) mass is 503 g/mol. The molecular weight excluding hydrogens is 480 g/mol. The predicted octanol–water partition coefficient (Wildman–Crippen LogP) is 4.70. The highest BCUT2D eigenvalue weighted by atomic mass is 35.5. The third kappa shape index (κ3) is 5.09. The van der Waals surface area contributed by atoms with Gasteiger partial charge in [0.25, 0.3) is 5.91 Å². The van der Waals surface area contributed by atoms with Gasteiger partial charge >= 0.3 is 0 Å². The number of ether oxygens (including phenoxy) is 1. The van der Waals surface area contributed by atoms with Gasteiger partial charge in [0.15, 0.2) is 11.6 Å². The number of halogens is 3. The lowest BCUT2D eigenvalue weighted by molar-refractivity contribution is 0.0664. The minimum absolute atomic E-state index is 0.0411. The SMILES string of the molecule is CC(Oc1cc(-c2cc(C(=O)N3CCN(C)CC3)ccn2)cnc1N)c1c(Cl)ccc(F)c1Cl. The van der Waals surface area contributed by atoms with Crippen molar-refractivity contribution < 1.29 is 13.9 Å². The first-order valence-electron chi connectivity index (χ1n) is 10.7. The van der Waals surface area contributed by atoms with E-state index in [1.165, 1.54) is 12.1 Å². The van der Waals surface area contributed by atoms with Crippen LogP contribution in [0, 0.1) is 5.82 Å². The number of rotatable bonds is 5. The van der Waals surface area contributed by atoms with Crippen LogP contribution in [0.2, 0.25) is 10.0 Å². The van der Waals surface area contributed by atoms with Crippen LogP contribution in [0.1, 0.15) is 28.9 Å². The molecular formula is C24H24Cl2FN5O2. The number of hydrogen-bond acceptors (Lipinski definition) is 6. The van der Waals surface area contributed by atoms with Gasteiger partial charge in [0.2, 0.25) is 0 Å². The lowest BCUT2D eigenvalue weighted by atomic mass is 10.1. The smallest absolute Gasteiger partial charge is 0.254 e. The molecule has 2 aromatic heterocycles. The van der Waals surface area contributed by atoms with Gasteiger partial charge in [-0.05, 0) is 44.3 Å². The summed E-state index contributed by atoms with van der Waals surface area (Å²) in [5.41, 5.74) is 8.04. The fourth-order valence-corrected chi connectivity index (χ4v) is 4.45. The summed E-state index contributed by atoms with van der Waals surface area (Å²) in [5.74, 6) is -0.231. The Labute approximate surface area is 207 Å². The van der Waals surface area contributed by atoms with E-state index in [0.29, 0.717) is 35.5 Å². The molecule has 178 valence electrons. The van der Waals surface area contributed by atoms with Crippen molar-refractivity contribution in [2.24, 2.45) is 0 Å². The summed E-state index contributed by atoms with van der Waals surface area (Å²) >= 11 is 12.3. The number of carbonyl (C=O) groups is 1. The number of nitrogen functional groups attached to an aromatic ring is 1. The first kappa shape index (κ1) is 24.2. The summed E-state index contributed by atoms with van der Waals surface area (Å²) in [6.45, 7) is 4.72. The molecule has 34 heavy (non-hydrogen) atoms. The zero-order valence-corrected chi connectivity index (χ0v) is 20.3. The molecule has 0 spiro atoms. The highest BCUT2D eigenvalue weighted by Gasteiger charge is 2.22. The number of amides is 1. The van der Waals surface area contributed by atoms with E-state index in [0.717, 1.165) is 13.1 Å². The maximum absolute atomic E-state index is 14.0. The van der Waals surface area contributed by atoms with Gasteiger partial charge in [0.05, 0.1) is 10.7 Å². The maximum Gasteiger partial charge on any atom is 0.254 e. The van der Waals surface area contributed by atoms with E-state index in [-0.39, 0.29) is 27.5 Å². The van der Waals surface area contributed by atoms with Crippen molar-refractivity contribution >= 4 is 34.9 Å². The molecule has 1 aliphatic rings. The number of piperazine rings is 1. The zero-order valence-electron chi connectivity index (χ0n) is 18.8. The largest absolute Gasteiger partial charge is 0.482 e.